The van der Waals surface area contributed by atoms with Gasteiger partial charge in [-0.25, -0.2) is 0 Å². The Morgan fingerprint density at radius 2 is 2.18 bits per heavy atom. The van der Waals surface area contributed by atoms with E-state index >= 15 is 0 Å². The average Bonchev–Trinajstić information content (AvgIpc) is 2.59. The van der Waals surface area contributed by atoms with Gasteiger partial charge < -0.3 is 10.5 Å². The molecule has 4 nitrogen and oxygen atoms in total. The quantitative estimate of drug-likeness (QED) is 0.912. The van der Waals surface area contributed by atoms with Crippen molar-refractivity contribution in [2.75, 3.05) is 5.73 Å². The third-order valence-electron chi connectivity index (χ3n) is 2.51. The second-order valence-electron chi connectivity index (χ2n) is 3.88. The molecule has 0 spiro atoms. The molecule has 0 saturated carbocycles. The summed E-state index contributed by atoms with van der Waals surface area (Å²) in [5.41, 5.74) is 7.51. The predicted molar refractivity (Wildman–Crippen MR) is 68.1 cm³/mol. The maximum atomic E-state index is 5.94. The Balaban J connectivity index is 2.07. The first-order chi connectivity index (χ1) is 8.06. The highest BCUT2D eigenvalue weighted by molar-refractivity contribution is 6.31. The number of nitrogens with zero attached hydrogens (tertiary/aromatic N) is 2. The molecule has 0 aliphatic rings. The summed E-state index contributed by atoms with van der Waals surface area (Å²) in [7, 11) is 1.84. The van der Waals surface area contributed by atoms with Gasteiger partial charge in [-0.05, 0) is 30.7 Å². The Hall–Kier alpha value is -1.68. The summed E-state index contributed by atoms with van der Waals surface area (Å²) >= 11 is 5.94. The molecule has 2 aromatic rings. The number of ether oxygens (including phenoxy) is 1. The number of benzene rings is 1. The molecule has 2 rings (SSSR count). The molecule has 1 aromatic carbocycles. The van der Waals surface area contributed by atoms with E-state index in [4.69, 9.17) is 22.1 Å². The molecular weight excluding hydrogens is 238 g/mol. The zero-order valence-electron chi connectivity index (χ0n) is 9.77. The van der Waals surface area contributed by atoms with Crippen LogP contribution in [0.1, 0.15) is 11.3 Å². The van der Waals surface area contributed by atoms with E-state index in [1.54, 1.807) is 10.7 Å². The highest BCUT2D eigenvalue weighted by atomic mass is 35.5. The summed E-state index contributed by atoms with van der Waals surface area (Å²) in [6.45, 7) is 2.37. The van der Waals surface area contributed by atoms with Gasteiger partial charge in [-0.15, -0.1) is 0 Å². The average molecular weight is 252 g/mol. The van der Waals surface area contributed by atoms with E-state index in [1.807, 2.05) is 32.2 Å². The van der Waals surface area contributed by atoms with Gasteiger partial charge in [0.25, 0.3) is 0 Å². The molecule has 17 heavy (non-hydrogen) atoms. The van der Waals surface area contributed by atoms with Crippen LogP contribution < -0.4 is 10.5 Å². The topological polar surface area (TPSA) is 53.1 Å². The molecule has 0 aliphatic carbocycles. The van der Waals surface area contributed by atoms with Gasteiger partial charge in [0.1, 0.15) is 18.2 Å². The molecule has 0 aliphatic heterocycles. The van der Waals surface area contributed by atoms with Crippen molar-refractivity contribution in [1.29, 1.82) is 0 Å². The summed E-state index contributed by atoms with van der Waals surface area (Å²) < 4.78 is 7.35. The van der Waals surface area contributed by atoms with E-state index in [2.05, 4.69) is 5.10 Å². The van der Waals surface area contributed by atoms with Crippen molar-refractivity contribution < 1.29 is 4.74 Å². The molecule has 1 heterocycles. The number of hydrogen-bond donors (Lipinski definition) is 1. The molecule has 0 fully saturated rings. The number of rotatable bonds is 3. The normalized spacial score (nSPS) is 10.5. The zero-order valence-corrected chi connectivity index (χ0v) is 10.5. The van der Waals surface area contributed by atoms with E-state index in [0.29, 0.717) is 12.4 Å². The zero-order chi connectivity index (χ0) is 12.4. The van der Waals surface area contributed by atoms with Gasteiger partial charge in [0.15, 0.2) is 0 Å². The van der Waals surface area contributed by atoms with E-state index in [1.165, 1.54) is 0 Å². The Morgan fingerprint density at radius 3 is 2.76 bits per heavy atom. The number of halogens is 1. The summed E-state index contributed by atoms with van der Waals surface area (Å²) in [6.07, 6.45) is 0. The SMILES string of the molecule is Cc1cc(OCc2cc(N)nn2C)ccc1Cl. The molecule has 0 atom stereocenters. The highest BCUT2D eigenvalue weighted by Gasteiger charge is 2.04. The Bertz CT molecular complexity index is 537. The van der Waals surface area contributed by atoms with E-state index < -0.39 is 0 Å². The summed E-state index contributed by atoms with van der Waals surface area (Å²) in [4.78, 5) is 0. The van der Waals surface area contributed by atoms with Crippen molar-refractivity contribution in [2.45, 2.75) is 13.5 Å². The molecule has 90 valence electrons. The Labute approximate surface area is 105 Å². The number of anilines is 1. The monoisotopic (exact) mass is 251 g/mol. The van der Waals surface area contributed by atoms with E-state index in [9.17, 15) is 0 Å². The first-order valence-corrected chi connectivity index (χ1v) is 5.61. The molecule has 0 saturated heterocycles. The Morgan fingerprint density at radius 1 is 1.41 bits per heavy atom. The fraction of sp³-hybridized carbons (Fsp3) is 0.250. The van der Waals surface area contributed by atoms with Crippen molar-refractivity contribution in [3.8, 4) is 5.75 Å². The summed E-state index contributed by atoms with van der Waals surface area (Å²) in [5.74, 6) is 1.28. The van der Waals surface area contributed by atoms with Gasteiger partial charge in [-0.3, -0.25) is 4.68 Å². The van der Waals surface area contributed by atoms with Crippen LogP contribution in [0.5, 0.6) is 5.75 Å². The van der Waals surface area contributed by atoms with Crippen LogP contribution in [0, 0.1) is 6.92 Å². The van der Waals surface area contributed by atoms with Crippen LogP contribution in [0.2, 0.25) is 5.02 Å². The third-order valence-corrected chi connectivity index (χ3v) is 2.94. The van der Waals surface area contributed by atoms with Gasteiger partial charge >= 0.3 is 0 Å². The third kappa shape index (κ3) is 2.71. The van der Waals surface area contributed by atoms with Crippen LogP contribution in [0.4, 0.5) is 5.82 Å². The van der Waals surface area contributed by atoms with Crippen molar-refractivity contribution in [3.05, 3.63) is 40.5 Å². The molecule has 1 aromatic heterocycles. The molecule has 0 amide bonds. The van der Waals surface area contributed by atoms with Gasteiger partial charge in [-0.1, -0.05) is 11.6 Å². The van der Waals surface area contributed by atoms with Gasteiger partial charge in [-0.2, -0.15) is 5.10 Å². The lowest BCUT2D eigenvalue weighted by Crippen LogP contribution is -2.03. The van der Waals surface area contributed by atoms with Crippen molar-refractivity contribution in [3.63, 3.8) is 0 Å². The minimum Gasteiger partial charge on any atom is -0.487 e. The van der Waals surface area contributed by atoms with Crippen LogP contribution in [-0.2, 0) is 13.7 Å². The van der Waals surface area contributed by atoms with Crippen molar-refractivity contribution in [2.24, 2.45) is 7.05 Å². The highest BCUT2D eigenvalue weighted by Crippen LogP contribution is 2.21. The van der Waals surface area contributed by atoms with Gasteiger partial charge in [0.2, 0.25) is 0 Å². The molecule has 0 unspecified atom stereocenters. The lowest BCUT2D eigenvalue weighted by atomic mass is 10.2. The fourth-order valence-electron chi connectivity index (χ4n) is 1.53. The van der Waals surface area contributed by atoms with Crippen LogP contribution >= 0.6 is 11.6 Å². The van der Waals surface area contributed by atoms with E-state index in [0.717, 1.165) is 22.0 Å². The number of aromatic nitrogens is 2. The van der Waals surface area contributed by atoms with Gasteiger partial charge in [0.05, 0.1) is 5.69 Å². The van der Waals surface area contributed by atoms with Crippen LogP contribution in [0.3, 0.4) is 0 Å². The first kappa shape index (κ1) is 11.8. The second kappa shape index (κ2) is 4.67. The molecule has 2 N–H and O–H groups in total. The molecule has 0 bridgehead atoms. The predicted octanol–water partition coefficient (Wildman–Crippen LogP) is 2.54. The van der Waals surface area contributed by atoms with E-state index in [-0.39, 0.29) is 0 Å². The Kier molecular flexibility index (Phi) is 3.24. The maximum Gasteiger partial charge on any atom is 0.145 e. The number of hydrogen-bond acceptors (Lipinski definition) is 3. The smallest absolute Gasteiger partial charge is 0.145 e. The lowest BCUT2D eigenvalue weighted by molar-refractivity contribution is 0.294. The van der Waals surface area contributed by atoms with Crippen LogP contribution in [0.25, 0.3) is 0 Å². The van der Waals surface area contributed by atoms with Crippen molar-refractivity contribution >= 4 is 17.4 Å². The van der Waals surface area contributed by atoms with Crippen LogP contribution in [-0.4, -0.2) is 9.78 Å². The number of nitrogens with two attached hydrogens (primary N) is 1. The fourth-order valence-corrected chi connectivity index (χ4v) is 1.65. The minimum absolute atomic E-state index is 0.432. The number of nitrogen functional groups attached to an aromatic ring is 1. The summed E-state index contributed by atoms with van der Waals surface area (Å²) in [6, 6.07) is 7.36. The first-order valence-electron chi connectivity index (χ1n) is 5.23. The lowest BCUT2D eigenvalue weighted by Gasteiger charge is -2.07. The van der Waals surface area contributed by atoms with Crippen LogP contribution in [0.15, 0.2) is 24.3 Å². The van der Waals surface area contributed by atoms with Crippen molar-refractivity contribution in [1.82, 2.24) is 9.78 Å². The second-order valence-corrected chi connectivity index (χ2v) is 4.29. The number of aryl methyl sites for hydroxylation is 2. The largest absolute Gasteiger partial charge is 0.487 e. The maximum absolute atomic E-state index is 5.94. The molecular formula is C12H14ClN3O. The van der Waals surface area contributed by atoms with Gasteiger partial charge in [0, 0.05) is 18.1 Å². The summed E-state index contributed by atoms with van der Waals surface area (Å²) in [5, 5.41) is 4.79. The standard InChI is InChI=1S/C12H14ClN3O/c1-8-5-10(3-4-11(8)13)17-7-9-6-12(14)15-16(9)2/h3-6H,7H2,1-2H3,(H2,14,15). The molecule has 0 radical (unpaired) electrons. The minimum atomic E-state index is 0.432. The molecule has 5 heteroatoms.